The van der Waals surface area contributed by atoms with E-state index < -0.39 is 0 Å². The van der Waals surface area contributed by atoms with Crippen LogP contribution in [0.2, 0.25) is 0 Å². The van der Waals surface area contributed by atoms with E-state index in [1.54, 1.807) is 22.1 Å². The molecule has 0 amide bonds. The van der Waals surface area contributed by atoms with E-state index in [-0.39, 0.29) is 0 Å². The highest BCUT2D eigenvalue weighted by molar-refractivity contribution is 6.12. The molecule has 0 aliphatic rings. The molecule has 0 fully saturated rings. The summed E-state index contributed by atoms with van der Waals surface area (Å²) < 4.78 is 0. The predicted octanol–water partition coefficient (Wildman–Crippen LogP) is 13.5. The minimum Gasteiger partial charge on any atom is -0.0654 e. The van der Waals surface area contributed by atoms with Gasteiger partial charge in [0.25, 0.3) is 0 Å². The Morgan fingerprint density at radius 1 is 0.476 bits per heavy atom. The lowest BCUT2D eigenvalue weighted by atomic mass is 9.78. The molecule has 5 aromatic carbocycles. The van der Waals surface area contributed by atoms with Crippen LogP contribution in [0, 0.1) is 27.7 Å². The Labute approximate surface area is 255 Å². The van der Waals surface area contributed by atoms with Crippen LogP contribution in [0.3, 0.4) is 0 Å². The lowest BCUT2D eigenvalue weighted by Gasteiger charge is -2.26. The van der Waals surface area contributed by atoms with Crippen LogP contribution in [-0.4, -0.2) is 0 Å². The van der Waals surface area contributed by atoms with Crippen molar-refractivity contribution in [2.24, 2.45) is 0 Å². The smallest absolute Gasteiger partial charge is 0.0103 e. The zero-order chi connectivity index (χ0) is 30.1. The molecule has 0 unspecified atom stereocenters. The van der Waals surface area contributed by atoms with Gasteiger partial charge in [0.05, 0.1) is 0 Å². The monoisotopic (exact) mass is 558 g/mol. The molecule has 0 heterocycles. The third-order valence-corrected chi connectivity index (χ3v) is 10.2. The van der Waals surface area contributed by atoms with Crippen molar-refractivity contribution < 1.29 is 0 Å². The fourth-order valence-corrected chi connectivity index (χ4v) is 7.63. The van der Waals surface area contributed by atoms with Crippen molar-refractivity contribution in [2.45, 2.75) is 132 Å². The number of hydrogen-bond donors (Lipinski definition) is 0. The second-order valence-electron chi connectivity index (χ2n) is 13.9. The maximum absolute atomic E-state index is 2.57. The molecule has 0 heteroatoms. The molecule has 42 heavy (non-hydrogen) atoms. The molecule has 0 aromatic heterocycles. The summed E-state index contributed by atoms with van der Waals surface area (Å²) in [7, 11) is 0. The van der Waals surface area contributed by atoms with E-state index in [1.165, 1.54) is 118 Å². The van der Waals surface area contributed by atoms with Gasteiger partial charge in [0.2, 0.25) is 0 Å². The average molecular weight is 559 g/mol. The summed E-state index contributed by atoms with van der Waals surface area (Å²) in [5.41, 5.74) is 10.5. The number of rotatable bonds is 11. The third-order valence-electron chi connectivity index (χ3n) is 10.2. The zero-order valence-electron chi connectivity index (χ0n) is 28.1. The summed E-state index contributed by atoms with van der Waals surface area (Å²) >= 11 is 0. The third kappa shape index (κ3) is 5.84. The molecule has 0 aliphatic heterocycles. The molecule has 0 saturated carbocycles. The van der Waals surface area contributed by atoms with E-state index in [1.807, 2.05) is 0 Å². The summed E-state index contributed by atoms with van der Waals surface area (Å²) in [6.07, 6.45) is 12.1. The number of hydrogen-bond acceptors (Lipinski definition) is 0. The van der Waals surface area contributed by atoms with E-state index in [2.05, 4.69) is 105 Å². The molecule has 0 bridgehead atoms. The van der Waals surface area contributed by atoms with E-state index in [4.69, 9.17) is 0 Å². The highest BCUT2D eigenvalue weighted by atomic mass is 14.3. The molecule has 0 atom stereocenters. The lowest BCUT2D eigenvalue weighted by molar-refractivity contribution is 0.575. The van der Waals surface area contributed by atoms with E-state index in [0.29, 0.717) is 11.8 Å². The van der Waals surface area contributed by atoms with Gasteiger partial charge in [-0.2, -0.15) is 0 Å². The molecular formula is C42H54. The van der Waals surface area contributed by atoms with Gasteiger partial charge in [0, 0.05) is 0 Å². The molecule has 0 nitrogen and oxygen atoms in total. The molecular weight excluding hydrogens is 504 g/mol. The maximum Gasteiger partial charge on any atom is -0.0103 e. The highest BCUT2D eigenvalue weighted by Gasteiger charge is 2.22. The van der Waals surface area contributed by atoms with Crippen LogP contribution in [-0.2, 0) is 6.42 Å². The lowest BCUT2D eigenvalue weighted by Crippen LogP contribution is -2.06. The average Bonchev–Trinajstić information content (AvgIpc) is 2.93. The fourth-order valence-electron chi connectivity index (χ4n) is 7.63. The first-order chi connectivity index (χ1) is 20.1. The van der Waals surface area contributed by atoms with Crippen molar-refractivity contribution in [3.05, 3.63) is 81.4 Å². The van der Waals surface area contributed by atoms with Crippen molar-refractivity contribution in [1.82, 2.24) is 0 Å². The van der Waals surface area contributed by atoms with Gasteiger partial charge >= 0.3 is 0 Å². The van der Waals surface area contributed by atoms with Crippen LogP contribution >= 0.6 is 0 Å². The Morgan fingerprint density at radius 3 is 1.52 bits per heavy atom. The van der Waals surface area contributed by atoms with Crippen molar-refractivity contribution in [1.29, 1.82) is 0 Å². The van der Waals surface area contributed by atoms with Gasteiger partial charge in [-0.15, -0.1) is 0 Å². The molecule has 0 spiro atoms. The Bertz CT molecular complexity index is 1740. The standard InChI is InChI=1S/C42H54/c1-10-11-12-13-14-15-16-17-18-37-30(8)31(9)40(26(2)3)42-39(37)25-36-23-34-21-32-19-28(6)29(7)20-33(32)22-35(34)24-38(36)41(42)27(4)5/h19-27H,10-18H2,1-9H3. The van der Waals surface area contributed by atoms with E-state index in [9.17, 15) is 0 Å². The minimum absolute atomic E-state index is 0.453. The highest BCUT2D eigenvalue weighted by Crippen LogP contribution is 2.44. The largest absolute Gasteiger partial charge is 0.0654 e. The molecule has 0 saturated heterocycles. The molecule has 0 radical (unpaired) electrons. The second kappa shape index (κ2) is 12.8. The Hall–Kier alpha value is -2.86. The van der Waals surface area contributed by atoms with Gasteiger partial charge < -0.3 is 0 Å². The fraction of sp³-hybridized carbons (Fsp3) is 0.476. The molecule has 5 aromatic rings. The van der Waals surface area contributed by atoms with Crippen LogP contribution in [0.15, 0.2) is 42.5 Å². The summed E-state index contributed by atoms with van der Waals surface area (Å²) in [6.45, 7) is 21.2. The molecule has 0 aliphatic carbocycles. The zero-order valence-corrected chi connectivity index (χ0v) is 28.1. The molecule has 222 valence electrons. The first kappa shape index (κ1) is 30.6. The molecule has 0 N–H and O–H groups in total. The SMILES string of the molecule is CCCCCCCCCCc1c(C)c(C)c(C(C)C)c2c(C(C)C)c3cc4cc5cc(C)c(C)cc5cc4cc3cc12. The van der Waals surface area contributed by atoms with Gasteiger partial charge in [-0.1, -0.05) is 91.7 Å². The maximum atomic E-state index is 2.57. The van der Waals surface area contributed by atoms with Crippen molar-refractivity contribution in [3.63, 3.8) is 0 Å². The van der Waals surface area contributed by atoms with Crippen LogP contribution in [0.25, 0.3) is 43.1 Å². The van der Waals surface area contributed by atoms with E-state index in [0.717, 1.165) is 0 Å². The van der Waals surface area contributed by atoms with Crippen LogP contribution in [0.5, 0.6) is 0 Å². The Morgan fingerprint density at radius 2 is 0.952 bits per heavy atom. The number of fused-ring (bicyclic) bond motifs is 4. The van der Waals surface area contributed by atoms with Gasteiger partial charge in [0.1, 0.15) is 0 Å². The van der Waals surface area contributed by atoms with Crippen LogP contribution < -0.4 is 0 Å². The summed E-state index contributed by atoms with van der Waals surface area (Å²) in [5.74, 6) is 0.948. The first-order valence-electron chi connectivity index (χ1n) is 17.0. The topological polar surface area (TPSA) is 0 Å². The van der Waals surface area contributed by atoms with Crippen LogP contribution in [0.1, 0.15) is 137 Å². The molecule has 5 rings (SSSR count). The van der Waals surface area contributed by atoms with Crippen LogP contribution in [0.4, 0.5) is 0 Å². The summed E-state index contributed by atoms with van der Waals surface area (Å²) in [4.78, 5) is 0. The second-order valence-corrected chi connectivity index (χ2v) is 13.9. The first-order valence-corrected chi connectivity index (χ1v) is 17.0. The van der Waals surface area contributed by atoms with Gasteiger partial charge in [0.15, 0.2) is 0 Å². The van der Waals surface area contributed by atoms with Gasteiger partial charge in [-0.05, 0) is 165 Å². The van der Waals surface area contributed by atoms with Gasteiger partial charge in [-0.25, -0.2) is 0 Å². The number of aryl methyl sites for hydroxylation is 3. The van der Waals surface area contributed by atoms with E-state index >= 15 is 0 Å². The normalized spacial score (nSPS) is 12.3. The van der Waals surface area contributed by atoms with Gasteiger partial charge in [-0.3, -0.25) is 0 Å². The summed E-state index contributed by atoms with van der Waals surface area (Å²) in [6, 6.07) is 17.1. The quantitative estimate of drug-likeness (QED) is 0.112. The van der Waals surface area contributed by atoms with Crippen molar-refractivity contribution in [3.8, 4) is 0 Å². The summed E-state index contributed by atoms with van der Waals surface area (Å²) in [5, 5.41) is 11.3. The number of unbranched alkanes of at least 4 members (excludes halogenated alkanes) is 7. The number of benzene rings is 5. The van der Waals surface area contributed by atoms with Crippen molar-refractivity contribution >= 4 is 43.1 Å². The predicted molar refractivity (Wildman–Crippen MR) is 190 cm³/mol. The Balaban J connectivity index is 1.69. The van der Waals surface area contributed by atoms with Crippen molar-refractivity contribution in [2.75, 3.05) is 0 Å². The minimum atomic E-state index is 0.453. The Kier molecular flexibility index (Phi) is 9.31.